The van der Waals surface area contributed by atoms with Gasteiger partial charge >= 0.3 is 0 Å². The van der Waals surface area contributed by atoms with Crippen molar-refractivity contribution >= 4 is 17.6 Å². The molecule has 2 N–H and O–H groups in total. The Labute approximate surface area is 108 Å². The maximum absolute atomic E-state index is 5.12. The standard InChI is InChI=1S/C15H17N3/c1-12-3-7-14(8-4-12)18(2)15-9-5-13(6-10-15)11-17-16/h3-11H,16H2,1-2H3. The quantitative estimate of drug-likeness (QED) is 0.508. The van der Waals surface area contributed by atoms with Crippen LogP contribution in [0, 0.1) is 6.92 Å². The smallest absolute Gasteiger partial charge is 0.0538 e. The molecule has 0 aromatic heterocycles. The summed E-state index contributed by atoms with van der Waals surface area (Å²) < 4.78 is 0. The van der Waals surface area contributed by atoms with E-state index in [-0.39, 0.29) is 0 Å². The molecule has 3 heteroatoms. The van der Waals surface area contributed by atoms with E-state index in [0.717, 1.165) is 11.3 Å². The van der Waals surface area contributed by atoms with Crippen LogP contribution in [0.4, 0.5) is 11.4 Å². The molecule has 0 radical (unpaired) electrons. The molecule has 18 heavy (non-hydrogen) atoms. The second-order valence-electron chi connectivity index (χ2n) is 4.26. The third-order valence-electron chi connectivity index (χ3n) is 2.93. The first-order valence-corrected chi connectivity index (χ1v) is 5.84. The molecule has 0 amide bonds. The van der Waals surface area contributed by atoms with E-state index < -0.39 is 0 Å². The molecule has 0 spiro atoms. The summed E-state index contributed by atoms with van der Waals surface area (Å²) in [6.07, 6.45) is 1.63. The van der Waals surface area contributed by atoms with Crippen LogP contribution in [0.25, 0.3) is 0 Å². The van der Waals surface area contributed by atoms with E-state index in [1.54, 1.807) is 6.21 Å². The fraction of sp³-hybridized carbons (Fsp3) is 0.133. The van der Waals surface area contributed by atoms with E-state index >= 15 is 0 Å². The molecular weight excluding hydrogens is 222 g/mol. The number of hydrogen-bond donors (Lipinski definition) is 1. The van der Waals surface area contributed by atoms with Crippen LogP contribution >= 0.6 is 0 Å². The van der Waals surface area contributed by atoms with Gasteiger partial charge in [-0.15, -0.1) is 0 Å². The van der Waals surface area contributed by atoms with Crippen molar-refractivity contribution in [3.05, 3.63) is 59.7 Å². The van der Waals surface area contributed by atoms with Gasteiger partial charge in [0.25, 0.3) is 0 Å². The molecule has 0 atom stereocenters. The molecule has 3 nitrogen and oxygen atoms in total. The molecule has 0 aliphatic heterocycles. The van der Waals surface area contributed by atoms with Crippen molar-refractivity contribution in [1.29, 1.82) is 0 Å². The Bertz CT molecular complexity index is 527. The summed E-state index contributed by atoms with van der Waals surface area (Å²) >= 11 is 0. The summed E-state index contributed by atoms with van der Waals surface area (Å²) in [6.45, 7) is 2.09. The number of hydrazone groups is 1. The number of hydrogen-bond acceptors (Lipinski definition) is 3. The van der Waals surface area contributed by atoms with Gasteiger partial charge in [-0.1, -0.05) is 29.8 Å². The summed E-state index contributed by atoms with van der Waals surface area (Å²) in [5, 5.41) is 3.51. The highest BCUT2D eigenvalue weighted by Gasteiger charge is 2.02. The summed E-state index contributed by atoms with van der Waals surface area (Å²) in [5.41, 5.74) is 4.56. The molecule has 0 saturated carbocycles. The molecule has 0 bridgehead atoms. The van der Waals surface area contributed by atoms with Crippen molar-refractivity contribution < 1.29 is 0 Å². The number of rotatable bonds is 3. The van der Waals surface area contributed by atoms with Gasteiger partial charge < -0.3 is 10.7 Å². The van der Waals surface area contributed by atoms with Crippen molar-refractivity contribution in [3.8, 4) is 0 Å². The summed E-state index contributed by atoms with van der Waals surface area (Å²) in [4.78, 5) is 2.14. The van der Waals surface area contributed by atoms with Gasteiger partial charge in [-0.05, 0) is 36.8 Å². The summed E-state index contributed by atoms with van der Waals surface area (Å²) in [6, 6.07) is 16.6. The molecule has 0 saturated heterocycles. The van der Waals surface area contributed by atoms with Gasteiger partial charge in [0.1, 0.15) is 0 Å². The highest BCUT2D eigenvalue weighted by atomic mass is 15.1. The maximum Gasteiger partial charge on any atom is 0.0538 e. The highest BCUT2D eigenvalue weighted by Crippen LogP contribution is 2.23. The maximum atomic E-state index is 5.12. The minimum atomic E-state index is 0.999. The summed E-state index contributed by atoms with van der Waals surface area (Å²) in [5.74, 6) is 5.12. The Kier molecular flexibility index (Phi) is 3.63. The van der Waals surface area contributed by atoms with Gasteiger partial charge in [-0.2, -0.15) is 5.10 Å². The molecule has 2 aromatic carbocycles. The topological polar surface area (TPSA) is 41.6 Å². The van der Waals surface area contributed by atoms with E-state index in [0.29, 0.717) is 0 Å². The Morgan fingerprint density at radius 2 is 1.44 bits per heavy atom. The van der Waals surface area contributed by atoms with Crippen LogP contribution in [0.15, 0.2) is 53.6 Å². The lowest BCUT2D eigenvalue weighted by atomic mass is 10.2. The van der Waals surface area contributed by atoms with E-state index in [1.807, 2.05) is 12.1 Å². The second kappa shape index (κ2) is 5.36. The highest BCUT2D eigenvalue weighted by molar-refractivity contribution is 5.80. The van der Waals surface area contributed by atoms with Crippen LogP contribution in [0.2, 0.25) is 0 Å². The van der Waals surface area contributed by atoms with E-state index in [9.17, 15) is 0 Å². The third-order valence-corrected chi connectivity index (χ3v) is 2.93. The Morgan fingerprint density at radius 3 is 1.94 bits per heavy atom. The van der Waals surface area contributed by atoms with Crippen molar-refractivity contribution in [3.63, 3.8) is 0 Å². The molecular formula is C15H17N3. The number of nitrogens with two attached hydrogens (primary N) is 1. The minimum Gasteiger partial charge on any atom is -0.345 e. The first kappa shape index (κ1) is 12.2. The van der Waals surface area contributed by atoms with Crippen LogP contribution in [0.5, 0.6) is 0 Å². The second-order valence-corrected chi connectivity index (χ2v) is 4.26. The number of anilines is 2. The average molecular weight is 239 g/mol. The predicted octanol–water partition coefficient (Wildman–Crippen LogP) is 3.06. The molecule has 0 aliphatic carbocycles. The lowest BCUT2D eigenvalue weighted by molar-refractivity contribution is 1.20. The third kappa shape index (κ3) is 2.69. The average Bonchev–Trinajstić information content (AvgIpc) is 2.40. The zero-order valence-electron chi connectivity index (χ0n) is 10.7. The van der Waals surface area contributed by atoms with Crippen molar-refractivity contribution in [1.82, 2.24) is 0 Å². The number of nitrogens with zero attached hydrogens (tertiary/aromatic N) is 2. The van der Waals surface area contributed by atoms with Gasteiger partial charge in [-0.3, -0.25) is 0 Å². The Balaban J connectivity index is 2.22. The SMILES string of the molecule is Cc1ccc(N(C)c2ccc(C=NN)cc2)cc1. The van der Waals surface area contributed by atoms with E-state index in [2.05, 4.69) is 60.4 Å². The number of benzene rings is 2. The molecule has 0 heterocycles. The molecule has 92 valence electrons. The van der Waals surface area contributed by atoms with Crippen LogP contribution < -0.4 is 10.7 Å². The predicted molar refractivity (Wildman–Crippen MR) is 77.5 cm³/mol. The van der Waals surface area contributed by atoms with Crippen molar-refractivity contribution in [2.24, 2.45) is 10.9 Å². The Morgan fingerprint density at radius 1 is 0.944 bits per heavy atom. The Hall–Kier alpha value is -2.29. The molecule has 2 rings (SSSR count). The zero-order valence-corrected chi connectivity index (χ0v) is 10.7. The van der Waals surface area contributed by atoms with E-state index in [1.165, 1.54) is 11.3 Å². The van der Waals surface area contributed by atoms with Crippen molar-refractivity contribution in [2.75, 3.05) is 11.9 Å². The van der Waals surface area contributed by atoms with Crippen LogP contribution in [-0.4, -0.2) is 13.3 Å². The van der Waals surface area contributed by atoms with Crippen LogP contribution in [-0.2, 0) is 0 Å². The van der Waals surface area contributed by atoms with Crippen LogP contribution in [0.1, 0.15) is 11.1 Å². The minimum absolute atomic E-state index is 0.999. The van der Waals surface area contributed by atoms with Gasteiger partial charge in [0, 0.05) is 18.4 Å². The molecule has 0 fully saturated rings. The van der Waals surface area contributed by atoms with Gasteiger partial charge in [0.15, 0.2) is 0 Å². The molecule has 0 aliphatic rings. The largest absolute Gasteiger partial charge is 0.345 e. The number of aryl methyl sites for hydroxylation is 1. The van der Waals surface area contributed by atoms with Crippen molar-refractivity contribution in [2.45, 2.75) is 6.92 Å². The first-order chi connectivity index (χ1) is 8.70. The van der Waals surface area contributed by atoms with Gasteiger partial charge in [-0.25, -0.2) is 0 Å². The molecule has 0 unspecified atom stereocenters. The van der Waals surface area contributed by atoms with Gasteiger partial charge in [0.2, 0.25) is 0 Å². The fourth-order valence-corrected chi connectivity index (χ4v) is 1.79. The summed E-state index contributed by atoms with van der Waals surface area (Å²) in [7, 11) is 2.05. The fourth-order valence-electron chi connectivity index (χ4n) is 1.79. The van der Waals surface area contributed by atoms with E-state index in [4.69, 9.17) is 5.84 Å². The monoisotopic (exact) mass is 239 g/mol. The van der Waals surface area contributed by atoms with Crippen LogP contribution in [0.3, 0.4) is 0 Å². The lowest BCUT2D eigenvalue weighted by Crippen LogP contribution is -2.09. The zero-order chi connectivity index (χ0) is 13.0. The van der Waals surface area contributed by atoms with Gasteiger partial charge in [0.05, 0.1) is 6.21 Å². The first-order valence-electron chi connectivity index (χ1n) is 5.84. The lowest BCUT2D eigenvalue weighted by Gasteiger charge is -2.19. The normalized spacial score (nSPS) is 10.8. The molecule has 2 aromatic rings.